The van der Waals surface area contributed by atoms with Crippen molar-refractivity contribution < 1.29 is 14.3 Å². The summed E-state index contributed by atoms with van der Waals surface area (Å²) in [7, 11) is 1.76. The van der Waals surface area contributed by atoms with E-state index in [1.54, 1.807) is 11.9 Å². The molecule has 0 bridgehead atoms. The number of amides is 1. The van der Waals surface area contributed by atoms with E-state index in [4.69, 9.17) is 9.47 Å². The minimum absolute atomic E-state index is 0.281. The van der Waals surface area contributed by atoms with Gasteiger partial charge in [0.2, 0.25) is 0 Å². The molecule has 0 heterocycles. The average Bonchev–Trinajstić information content (AvgIpc) is 2.47. The van der Waals surface area contributed by atoms with Crippen molar-refractivity contribution in [2.75, 3.05) is 20.2 Å². The van der Waals surface area contributed by atoms with Gasteiger partial charge in [0.05, 0.1) is 6.10 Å². The maximum Gasteiger partial charge on any atom is 0.409 e. The number of benzene rings is 1. The van der Waals surface area contributed by atoms with Crippen molar-refractivity contribution in [3.8, 4) is 0 Å². The van der Waals surface area contributed by atoms with Crippen molar-refractivity contribution >= 4 is 6.09 Å². The molecule has 0 spiro atoms. The molecular weight excluding hydrogens is 266 g/mol. The van der Waals surface area contributed by atoms with Crippen LogP contribution in [-0.2, 0) is 16.1 Å². The first-order valence-electron chi connectivity index (χ1n) is 7.68. The van der Waals surface area contributed by atoms with Crippen LogP contribution >= 0.6 is 0 Å². The Hall–Kier alpha value is -1.55. The minimum atomic E-state index is -0.281. The number of carbonyl (C=O) groups excluding carboxylic acids is 1. The highest BCUT2D eigenvalue weighted by Crippen LogP contribution is 2.29. The highest BCUT2D eigenvalue weighted by molar-refractivity contribution is 5.67. The predicted molar refractivity (Wildman–Crippen MR) is 82.0 cm³/mol. The van der Waals surface area contributed by atoms with Crippen molar-refractivity contribution in [2.24, 2.45) is 5.92 Å². The summed E-state index contributed by atoms with van der Waals surface area (Å²) >= 11 is 0. The summed E-state index contributed by atoms with van der Waals surface area (Å²) in [6.07, 6.45) is 3.36. The Labute approximate surface area is 127 Å². The molecule has 0 unspecified atom stereocenters. The molecule has 0 aromatic heterocycles. The van der Waals surface area contributed by atoms with Gasteiger partial charge >= 0.3 is 6.09 Å². The van der Waals surface area contributed by atoms with Crippen LogP contribution in [0.25, 0.3) is 0 Å². The fraction of sp³-hybridized carbons (Fsp3) is 0.588. The van der Waals surface area contributed by atoms with Crippen LogP contribution in [0.5, 0.6) is 0 Å². The van der Waals surface area contributed by atoms with E-state index in [0.29, 0.717) is 25.9 Å². The molecule has 116 valence electrons. The molecular formula is C17H25NO3. The molecule has 1 amide bonds. The molecule has 1 aliphatic rings. The lowest BCUT2D eigenvalue weighted by Crippen LogP contribution is -2.32. The topological polar surface area (TPSA) is 38.8 Å². The Morgan fingerprint density at radius 2 is 2.00 bits per heavy atom. The van der Waals surface area contributed by atoms with Gasteiger partial charge in [-0.05, 0) is 30.7 Å². The summed E-state index contributed by atoms with van der Waals surface area (Å²) in [6, 6.07) is 9.71. The second kappa shape index (κ2) is 8.03. The zero-order valence-electron chi connectivity index (χ0n) is 13.0. The van der Waals surface area contributed by atoms with Crippen LogP contribution in [0.3, 0.4) is 0 Å². The van der Waals surface area contributed by atoms with E-state index in [-0.39, 0.29) is 6.09 Å². The molecule has 0 N–H and O–H groups in total. The normalized spacial score (nSPS) is 20.7. The SMILES string of the molecule is CN(CCCO[C@H]1C[C@H](C)C1)C(=O)OCc1ccccc1. The van der Waals surface area contributed by atoms with Crippen LogP contribution < -0.4 is 0 Å². The summed E-state index contributed by atoms with van der Waals surface area (Å²) in [5.41, 5.74) is 1.00. The average molecular weight is 291 g/mol. The number of carbonyl (C=O) groups is 1. The largest absolute Gasteiger partial charge is 0.445 e. The van der Waals surface area contributed by atoms with E-state index < -0.39 is 0 Å². The lowest BCUT2D eigenvalue weighted by atomic mass is 9.84. The van der Waals surface area contributed by atoms with Gasteiger partial charge in [0, 0.05) is 20.2 Å². The molecule has 4 heteroatoms. The van der Waals surface area contributed by atoms with Gasteiger partial charge in [-0.25, -0.2) is 4.79 Å². The molecule has 2 rings (SSSR count). The predicted octanol–water partition coefficient (Wildman–Crippen LogP) is 3.46. The van der Waals surface area contributed by atoms with Crippen molar-refractivity contribution in [2.45, 2.75) is 38.9 Å². The standard InChI is InChI=1S/C17H25NO3/c1-14-11-16(12-14)20-10-6-9-18(2)17(19)21-13-15-7-4-3-5-8-15/h3-5,7-8,14,16H,6,9-13H2,1-2H3/t14-,16-. The van der Waals surface area contributed by atoms with E-state index in [1.807, 2.05) is 30.3 Å². The molecule has 0 atom stereocenters. The maximum absolute atomic E-state index is 11.8. The van der Waals surface area contributed by atoms with Gasteiger partial charge in [-0.2, -0.15) is 0 Å². The smallest absolute Gasteiger partial charge is 0.409 e. The highest BCUT2D eigenvalue weighted by Gasteiger charge is 2.25. The lowest BCUT2D eigenvalue weighted by molar-refractivity contribution is -0.0276. The fourth-order valence-electron chi connectivity index (χ4n) is 2.44. The van der Waals surface area contributed by atoms with Crippen LogP contribution in [0.1, 0.15) is 31.7 Å². The summed E-state index contributed by atoms with van der Waals surface area (Å²) < 4.78 is 11.0. The Balaban J connectivity index is 1.55. The first-order valence-corrected chi connectivity index (χ1v) is 7.68. The maximum atomic E-state index is 11.8. The lowest BCUT2D eigenvalue weighted by Gasteiger charge is -2.32. The van der Waals surface area contributed by atoms with Crippen molar-refractivity contribution in [3.63, 3.8) is 0 Å². The minimum Gasteiger partial charge on any atom is -0.445 e. The van der Waals surface area contributed by atoms with E-state index in [2.05, 4.69) is 6.92 Å². The molecule has 0 aliphatic heterocycles. The van der Waals surface area contributed by atoms with Gasteiger partial charge in [-0.1, -0.05) is 37.3 Å². The molecule has 1 saturated carbocycles. The van der Waals surface area contributed by atoms with Crippen molar-refractivity contribution in [1.29, 1.82) is 0 Å². The van der Waals surface area contributed by atoms with Gasteiger partial charge in [0.25, 0.3) is 0 Å². The van der Waals surface area contributed by atoms with Gasteiger partial charge in [-0.3, -0.25) is 0 Å². The molecule has 1 fully saturated rings. The monoisotopic (exact) mass is 291 g/mol. The third-order valence-corrected chi connectivity index (χ3v) is 3.84. The number of hydrogen-bond acceptors (Lipinski definition) is 3. The van der Waals surface area contributed by atoms with E-state index in [0.717, 1.165) is 17.9 Å². The second-order valence-electron chi connectivity index (χ2n) is 5.88. The Bertz CT molecular complexity index is 429. The quantitative estimate of drug-likeness (QED) is 0.722. The van der Waals surface area contributed by atoms with E-state index in [1.165, 1.54) is 12.8 Å². The number of hydrogen-bond donors (Lipinski definition) is 0. The van der Waals surface area contributed by atoms with Crippen LogP contribution in [0.4, 0.5) is 4.79 Å². The summed E-state index contributed by atoms with van der Waals surface area (Å²) in [5.74, 6) is 0.811. The Morgan fingerprint density at radius 3 is 2.67 bits per heavy atom. The number of rotatable bonds is 7. The fourth-order valence-corrected chi connectivity index (χ4v) is 2.44. The molecule has 0 radical (unpaired) electrons. The summed E-state index contributed by atoms with van der Waals surface area (Å²) in [4.78, 5) is 13.4. The first-order chi connectivity index (χ1) is 10.1. The Kier molecular flexibility index (Phi) is 6.05. The molecule has 4 nitrogen and oxygen atoms in total. The summed E-state index contributed by atoms with van der Waals surface area (Å²) in [6.45, 7) is 3.94. The molecule has 0 saturated heterocycles. The molecule has 1 aromatic carbocycles. The highest BCUT2D eigenvalue weighted by atomic mass is 16.6. The van der Waals surface area contributed by atoms with E-state index in [9.17, 15) is 4.79 Å². The van der Waals surface area contributed by atoms with E-state index >= 15 is 0 Å². The van der Waals surface area contributed by atoms with Gasteiger partial charge < -0.3 is 14.4 Å². The zero-order valence-corrected chi connectivity index (χ0v) is 13.0. The number of ether oxygens (including phenoxy) is 2. The van der Waals surface area contributed by atoms with Crippen LogP contribution in [0.15, 0.2) is 30.3 Å². The van der Waals surface area contributed by atoms with Gasteiger partial charge in [0.15, 0.2) is 0 Å². The number of nitrogens with zero attached hydrogens (tertiary/aromatic N) is 1. The zero-order chi connectivity index (χ0) is 15.1. The van der Waals surface area contributed by atoms with Crippen LogP contribution in [0.2, 0.25) is 0 Å². The van der Waals surface area contributed by atoms with Crippen LogP contribution in [-0.4, -0.2) is 37.3 Å². The van der Waals surface area contributed by atoms with Crippen molar-refractivity contribution in [3.05, 3.63) is 35.9 Å². The third-order valence-electron chi connectivity index (χ3n) is 3.84. The molecule has 21 heavy (non-hydrogen) atoms. The van der Waals surface area contributed by atoms with Gasteiger partial charge in [0.1, 0.15) is 6.61 Å². The van der Waals surface area contributed by atoms with Crippen LogP contribution in [0, 0.1) is 5.92 Å². The Morgan fingerprint density at radius 1 is 1.29 bits per heavy atom. The van der Waals surface area contributed by atoms with Crippen molar-refractivity contribution in [1.82, 2.24) is 4.90 Å². The molecule has 1 aromatic rings. The third kappa shape index (κ3) is 5.38. The first kappa shape index (κ1) is 15.8. The van der Waals surface area contributed by atoms with Gasteiger partial charge in [-0.15, -0.1) is 0 Å². The summed E-state index contributed by atoms with van der Waals surface area (Å²) in [5, 5.41) is 0. The second-order valence-corrected chi connectivity index (χ2v) is 5.88. The molecule has 1 aliphatic carbocycles.